The maximum absolute atomic E-state index is 14.7. The van der Waals surface area contributed by atoms with Crippen LogP contribution in [0.3, 0.4) is 0 Å². The van der Waals surface area contributed by atoms with Gasteiger partial charge < -0.3 is 10.6 Å². The number of imide groups is 2. The summed E-state index contributed by atoms with van der Waals surface area (Å²) < 4.78 is 14.7. The SMILES string of the molecule is O=C1CCC(N2C(=O)c3cc(F)c(NC4CC5(CCNCC5)C4)cc3C2=O)C(=O)N1. The Morgan fingerprint density at radius 2 is 1.70 bits per heavy atom. The van der Waals surface area contributed by atoms with Gasteiger partial charge in [-0.3, -0.25) is 29.4 Å². The molecule has 9 heteroatoms. The van der Waals surface area contributed by atoms with Crippen molar-refractivity contribution in [2.24, 2.45) is 5.41 Å². The minimum Gasteiger partial charge on any atom is -0.380 e. The Hall–Kier alpha value is -2.81. The molecule has 1 spiro atoms. The number of benzene rings is 1. The maximum atomic E-state index is 14.7. The second-order valence-corrected chi connectivity index (χ2v) is 8.82. The van der Waals surface area contributed by atoms with Crippen molar-refractivity contribution >= 4 is 29.3 Å². The van der Waals surface area contributed by atoms with Gasteiger partial charge in [0.15, 0.2) is 0 Å². The van der Waals surface area contributed by atoms with Crippen LogP contribution in [0, 0.1) is 11.2 Å². The van der Waals surface area contributed by atoms with E-state index in [9.17, 15) is 23.6 Å². The lowest BCUT2D eigenvalue weighted by Gasteiger charge is -2.50. The summed E-state index contributed by atoms with van der Waals surface area (Å²) in [5.74, 6) is -3.03. The Labute approximate surface area is 172 Å². The van der Waals surface area contributed by atoms with E-state index in [2.05, 4.69) is 16.0 Å². The zero-order valence-corrected chi connectivity index (χ0v) is 16.4. The highest BCUT2D eigenvalue weighted by molar-refractivity contribution is 6.23. The number of anilines is 1. The largest absolute Gasteiger partial charge is 0.380 e. The van der Waals surface area contributed by atoms with E-state index in [-0.39, 0.29) is 35.7 Å². The van der Waals surface area contributed by atoms with Gasteiger partial charge >= 0.3 is 0 Å². The monoisotopic (exact) mass is 414 g/mol. The number of nitrogens with zero attached hydrogens (tertiary/aromatic N) is 1. The van der Waals surface area contributed by atoms with Gasteiger partial charge in [0.25, 0.3) is 11.8 Å². The first kappa shape index (κ1) is 19.2. The van der Waals surface area contributed by atoms with Crippen LogP contribution >= 0.6 is 0 Å². The summed E-state index contributed by atoms with van der Waals surface area (Å²) in [6.07, 6.45) is 4.27. The molecule has 3 N–H and O–H groups in total. The Kier molecular flexibility index (Phi) is 4.39. The lowest BCUT2D eigenvalue weighted by atomic mass is 9.60. The second kappa shape index (κ2) is 6.87. The van der Waals surface area contributed by atoms with E-state index in [1.807, 2.05) is 0 Å². The number of fused-ring (bicyclic) bond motifs is 1. The zero-order valence-electron chi connectivity index (χ0n) is 16.4. The lowest BCUT2D eigenvalue weighted by Crippen LogP contribution is -2.54. The van der Waals surface area contributed by atoms with Crippen molar-refractivity contribution in [3.8, 4) is 0 Å². The predicted molar refractivity (Wildman–Crippen MR) is 104 cm³/mol. The minimum atomic E-state index is -1.05. The molecule has 4 amide bonds. The van der Waals surface area contributed by atoms with Gasteiger partial charge in [0.05, 0.1) is 16.8 Å². The average molecular weight is 414 g/mol. The molecule has 1 atom stereocenters. The number of nitrogens with one attached hydrogen (secondary N) is 3. The summed E-state index contributed by atoms with van der Waals surface area (Å²) >= 11 is 0. The number of hydrogen-bond acceptors (Lipinski definition) is 6. The molecule has 158 valence electrons. The van der Waals surface area contributed by atoms with Gasteiger partial charge in [-0.15, -0.1) is 0 Å². The van der Waals surface area contributed by atoms with Gasteiger partial charge in [0.1, 0.15) is 11.9 Å². The summed E-state index contributed by atoms with van der Waals surface area (Å²) in [4.78, 5) is 50.0. The van der Waals surface area contributed by atoms with Crippen LogP contribution in [0.5, 0.6) is 0 Å². The highest BCUT2D eigenvalue weighted by atomic mass is 19.1. The molecule has 3 fully saturated rings. The van der Waals surface area contributed by atoms with Crippen molar-refractivity contribution in [2.75, 3.05) is 18.4 Å². The number of piperidine rings is 2. The number of hydrogen-bond donors (Lipinski definition) is 3. The molecule has 2 saturated heterocycles. The smallest absolute Gasteiger partial charge is 0.262 e. The third-order valence-electron chi connectivity index (χ3n) is 6.91. The van der Waals surface area contributed by atoms with Gasteiger partial charge in [-0.25, -0.2) is 4.39 Å². The number of halogens is 1. The standard InChI is InChI=1S/C21H23FN4O4/c22-14-7-12-13(8-15(14)24-11-9-21(10-11)3-5-23-6-4-21)20(30)26(19(12)29)16-1-2-17(27)25-18(16)28/h7-8,11,16,23-24H,1-6,9-10H2,(H,25,27,28). The molecule has 8 nitrogen and oxygen atoms in total. The zero-order chi connectivity index (χ0) is 21.0. The normalized spacial score (nSPS) is 25.9. The van der Waals surface area contributed by atoms with Gasteiger partial charge in [-0.1, -0.05) is 0 Å². The minimum absolute atomic E-state index is 0.0452. The van der Waals surface area contributed by atoms with Crippen molar-refractivity contribution in [1.82, 2.24) is 15.5 Å². The fourth-order valence-electron chi connectivity index (χ4n) is 5.27. The Morgan fingerprint density at radius 1 is 1.03 bits per heavy atom. The van der Waals surface area contributed by atoms with E-state index in [4.69, 9.17) is 0 Å². The van der Waals surface area contributed by atoms with Crippen molar-refractivity contribution in [2.45, 2.75) is 50.6 Å². The van der Waals surface area contributed by atoms with E-state index in [1.165, 1.54) is 6.07 Å². The van der Waals surface area contributed by atoms with Crippen LogP contribution in [-0.2, 0) is 9.59 Å². The number of carbonyl (C=O) groups is 4. The molecule has 0 radical (unpaired) electrons. The van der Waals surface area contributed by atoms with Gasteiger partial charge in [-0.05, 0) is 62.7 Å². The van der Waals surface area contributed by atoms with Crippen LogP contribution in [0.4, 0.5) is 10.1 Å². The van der Waals surface area contributed by atoms with Crippen LogP contribution in [0.1, 0.15) is 59.2 Å². The van der Waals surface area contributed by atoms with Gasteiger partial charge in [0, 0.05) is 12.5 Å². The van der Waals surface area contributed by atoms with Crippen molar-refractivity contribution in [3.63, 3.8) is 0 Å². The predicted octanol–water partition coefficient (Wildman–Crippen LogP) is 1.17. The molecule has 0 aromatic heterocycles. The molecule has 30 heavy (non-hydrogen) atoms. The van der Waals surface area contributed by atoms with Crippen LogP contribution in [-0.4, -0.2) is 53.7 Å². The molecule has 1 saturated carbocycles. The molecule has 1 unspecified atom stereocenters. The topological polar surface area (TPSA) is 108 Å². The molecule has 5 rings (SSSR count). The summed E-state index contributed by atoms with van der Waals surface area (Å²) in [7, 11) is 0. The molecular formula is C21H23FN4O4. The molecule has 0 bridgehead atoms. The van der Waals surface area contributed by atoms with Crippen LogP contribution in [0.25, 0.3) is 0 Å². The molecule has 3 aliphatic heterocycles. The van der Waals surface area contributed by atoms with Crippen LogP contribution in [0.15, 0.2) is 12.1 Å². The number of rotatable bonds is 3. The van der Waals surface area contributed by atoms with Gasteiger partial charge in [-0.2, -0.15) is 0 Å². The highest BCUT2D eigenvalue weighted by Crippen LogP contribution is 2.49. The molecule has 1 aromatic carbocycles. The Bertz CT molecular complexity index is 964. The molecular weight excluding hydrogens is 391 g/mol. The fraction of sp³-hybridized carbons (Fsp3) is 0.524. The van der Waals surface area contributed by atoms with Crippen LogP contribution < -0.4 is 16.0 Å². The van der Waals surface area contributed by atoms with E-state index in [0.717, 1.165) is 49.7 Å². The van der Waals surface area contributed by atoms with E-state index >= 15 is 0 Å². The maximum Gasteiger partial charge on any atom is 0.262 e. The summed E-state index contributed by atoms with van der Waals surface area (Å²) in [5.41, 5.74) is 0.569. The first-order valence-electron chi connectivity index (χ1n) is 10.4. The lowest BCUT2D eigenvalue weighted by molar-refractivity contribution is -0.136. The molecule has 1 aromatic rings. The molecule has 4 aliphatic rings. The van der Waals surface area contributed by atoms with Gasteiger partial charge in [0.2, 0.25) is 11.8 Å². The first-order chi connectivity index (χ1) is 14.4. The van der Waals surface area contributed by atoms with Crippen LogP contribution in [0.2, 0.25) is 0 Å². The van der Waals surface area contributed by atoms with Crippen molar-refractivity contribution in [3.05, 3.63) is 29.1 Å². The van der Waals surface area contributed by atoms with Crippen molar-refractivity contribution < 1.29 is 23.6 Å². The van der Waals surface area contributed by atoms with E-state index in [1.54, 1.807) is 0 Å². The number of carbonyl (C=O) groups excluding carboxylic acids is 4. The Morgan fingerprint density at radius 3 is 2.37 bits per heavy atom. The summed E-state index contributed by atoms with van der Waals surface area (Å²) in [5, 5.41) is 8.70. The number of amides is 4. The summed E-state index contributed by atoms with van der Waals surface area (Å²) in [6.45, 7) is 2.01. The first-order valence-corrected chi connectivity index (χ1v) is 10.4. The van der Waals surface area contributed by atoms with Crippen molar-refractivity contribution in [1.29, 1.82) is 0 Å². The van der Waals surface area contributed by atoms with E-state index in [0.29, 0.717) is 5.41 Å². The third kappa shape index (κ3) is 2.99. The molecule has 1 aliphatic carbocycles. The Balaban J connectivity index is 1.34. The van der Waals surface area contributed by atoms with E-state index < -0.39 is 35.5 Å². The second-order valence-electron chi connectivity index (χ2n) is 8.82. The molecule has 3 heterocycles. The third-order valence-corrected chi connectivity index (χ3v) is 6.91. The average Bonchev–Trinajstić information content (AvgIpc) is 2.92. The quantitative estimate of drug-likeness (QED) is 0.641. The highest BCUT2D eigenvalue weighted by Gasteiger charge is 2.47. The fourth-order valence-corrected chi connectivity index (χ4v) is 5.27. The summed E-state index contributed by atoms with van der Waals surface area (Å²) in [6, 6.07) is 1.53.